The molecule has 0 aromatic carbocycles. The zero-order valence-corrected chi connectivity index (χ0v) is 12.2. The monoisotopic (exact) mass is 300 g/mol. The zero-order chi connectivity index (χ0) is 13.7. The summed E-state index contributed by atoms with van der Waals surface area (Å²) in [6.07, 6.45) is 4.90. The molecule has 1 aliphatic carbocycles. The van der Waals surface area contributed by atoms with Gasteiger partial charge in [-0.1, -0.05) is 0 Å². The highest BCUT2D eigenvalue weighted by Gasteiger charge is 2.17. The highest BCUT2D eigenvalue weighted by molar-refractivity contribution is 5.85. The molecule has 0 aliphatic heterocycles. The van der Waals surface area contributed by atoms with Crippen LogP contribution in [-0.2, 0) is 24.1 Å². The lowest BCUT2D eigenvalue weighted by atomic mass is 9.91. The number of nitrogens with two attached hydrogens (primary N) is 1. The van der Waals surface area contributed by atoms with E-state index in [9.17, 15) is 9.59 Å². The highest BCUT2D eigenvalue weighted by atomic mass is 35.5. The van der Waals surface area contributed by atoms with Crippen LogP contribution in [0.5, 0.6) is 0 Å². The Balaban J connectivity index is 0.00000200. The van der Waals surface area contributed by atoms with E-state index in [0.29, 0.717) is 25.9 Å². The third-order valence-corrected chi connectivity index (χ3v) is 3.44. The van der Waals surface area contributed by atoms with E-state index in [2.05, 4.69) is 15.5 Å². The third kappa shape index (κ3) is 4.05. The van der Waals surface area contributed by atoms with Gasteiger partial charge >= 0.3 is 0 Å². The molecule has 4 N–H and O–H groups in total. The Hall–Kier alpha value is -1.40. The van der Waals surface area contributed by atoms with Gasteiger partial charge in [0.25, 0.3) is 5.56 Å². The minimum Gasteiger partial charge on any atom is -0.356 e. The average Bonchev–Trinajstić information content (AvgIpc) is 2.42. The molecule has 0 radical (unpaired) electrons. The van der Waals surface area contributed by atoms with Gasteiger partial charge in [-0.3, -0.25) is 9.59 Å². The topological polar surface area (TPSA) is 101 Å². The predicted molar refractivity (Wildman–Crippen MR) is 79.1 cm³/mol. The molecule has 112 valence electrons. The number of aromatic nitrogens is 2. The summed E-state index contributed by atoms with van der Waals surface area (Å²) in [5.41, 5.74) is 8.11. The molecule has 0 atom stereocenters. The van der Waals surface area contributed by atoms with Gasteiger partial charge in [0.05, 0.1) is 5.69 Å². The van der Waals surface area contributed by atoms with Gasteiger partial charge in [0.2, 0.25) is 5.91 Å². The first kappa shape index (κ1) is 16.7. The molecule has 0 saturated carbocycles. The highest BCUT2D eigenvalue weighted by Crippen LogP contribution is 2.20. The Bertz CT molecular complexity index is 516. The maximum absolute atomic E-state index is 11.7. The van der Waals surface area contributed by atoms with Gasteiger partial charge in [0.1, 0.15) is 0 Å². The normalized spacial score (nSPS) is 13.2. The molecule has 0 spiro atoms. The summed E-state index contributed by atoms with van der Waals surface area (Å²) in [7, 11) is 0. The molecule has 0 unspecified atom stereocenters. The van der Waals surface area contributed by atoms with Crippen molar-refractivity contribution in [1.29, 1.82) is 0 Å². The van der Waals surface area contributed by atoms with Crippen molar-refractivity contribution in [3.8, 4) is 0 Å². The third-order valence-electron chi connectivity index (χ3n) is 3.44. The lowest BCUT2D eigenvalue weighted by Gasteiger charge is -2.17. The summed E-state index contributed by atoms with van der Waals surface area (Å²) < 4.78 is 0. The molecule has 7 heteroatoms. The smallest absolute Gasteiger partial charge is 0.267 e. The van der Waals surface area contributed by atoms with Crippen molar-refractivity contribution in [1.82, 2.24) is 15.5 Å². The molecule has 20 heavy (non-hydrogen) atoms. The molecular weight excluding hydrogens is 280 g/mol. The standard InChI is InChI=1S/C13H20N4O2.ClH/c14-7-5-12(18)15-8-6-11-9-3-1-2-4-10(9)13(19)17-16-11;/h1-8,14H2,(H,15,18)(H,17,19);1H. The van der Waals surface area contributed by atoms with E-state index in [1.807, 2.05) is 0 Å². The van der Waals surface area contributed by atoms with Crippen molar-refractivity contribution in [2.45, 2.75) is 38.5 Å². The number of hydrogen-bond donors (Lipinski definition) is 3. The first-order valence-corrected chi connectivity index (χ1v) is 6.78. The maximum atomic E-state index is 11.7. The molecule has 1 heterocycles. The molecule has 1 aromatic heterocycles. The first-order chi connectivity index (χ1) is 9.22. The number of halogens is 1. The van der Waals surface area contributed by atoms with E-state index in [-0.39, 0.29) is 23.9 Å². The number of hydrogen-bond acceptors (Lipinski definition) is 4. The maximum Gasteiger partial charge on any atom is 0.267 e. The van der Waals surface area contributed by atoms with Crippen molar-refractivity contribution < 1.29 is 4.79 Å². The SMILES string of the molecule is Cl.NCCC(=O)NCCc1n[nH]c(=O)c2c1CCCC2. The molecule has 6 nitrogen and oxygen atoms in total. The van der Waals surface area contributed by atoms with Crippen LogP contribution in [-0.4, -0.2) is 29.2 Å². The number of rotatable bonds is 5. The number of nitrogens with one attached hydrogen (secondary N) is 2. The van der Waals surface area contributed by atoms with Crippen molar-refractivity contribution in [3.05, 3.63) is 27.2 Å². The van der Waals surface area contributed by atoms with Gasteiger partial charge in [0, 0.05) is 31.5 Å². The lowest BCUT2D eigenvalue weighted by Crippen LogP contribution is -2.29. The molecular formula is C13H21ClN4O2. The van der Waals surface area contributed by atoms with Crippen LogP contribution in [0.4, 0.5) is 0 Å². The Morgan fingerprint density at radius 2 is 2.00 bits per heavy atom. The minimum absolute atomic E-state index is 0. The molecule has 0 fully saturated rings. The molecule has 2 rings (SSSR count). The fourth-order valence-electron chi connectivity index (χ4n) is 2.47. The van der Waals surface area contributed by atoms with Crippen LogP contribution >= 0.6 is 12.4 Å². The fraction of sp³-hybridized carbons (Fsp3) is 0.615. The molecule has 1 aliphatic rings. The number of nitrogens with zero attached hydrogens (tertiary/aromatic N) is 1. The number of amides is 1. The Labute approximate surface area is 123 Å². The van der Waals surface area contributed by atoms with Crippen LogP contribution in [0, 0.1) is 0 Å². The second kappa shape index (κ2) is 8.01. The second-order valence-electron chi connectivity index (χ2n) is 4.80. The van der Waals surface area contributed by atoms with E-state index >= 15 is 0 Å². The van der Waals surface area contributed by atoms with Crippen molar-refractivity contribution >= 4 is 18.3 Å². The molecule has 0 bridgehead atoms. The van der Waals surface area contributed by atoms with Crippen LogP contribution in [0.1, 0.15) is 36.1 Å². The van der Waals surface area contributed by atoms with Gasteiger partial charge in [-0.05, 0) is 31.2 Å². The zero-order valence-electron chi connectivity index (χ0n) is 11.4. The van der Waals surface area contributed by atoms with E-state index in [1.165, 1.54) is 0 Å². The second-order valence-corrected chi connectivity index (χ2v) is 4.80. The predicted octanol–water partition coefficient (Wildman–Crippen LogP) is 0.0780. The van der Waals surface area contributed by atoms with Crippen LogP contribution in [0.3, 0.4) is 0 Å². The number of fused-ring (bicyclic) bond motifs is 1. The quantitative estimate of drug-likeness (QED) is 0.716. The summed E-state index contributed by atoms with van der Waals surface area (Å²) in [5.74, 6) is -0.0409. The Morgan fingerprint density at radius 1 is 1.30 bits per heavy atom. The van der Waals surface area contributed by atoms with Gasteiger partial charge < -0.3 is 11.1 Å². The summed E-state index contributed by atoms with van der Waals surface area (Å²) in [6.45, 7) is 0.891. The summed E-state index contributed by atoms with van der Waals surface area (Å²) in [6, 6.07) is 0. The number of carbonyl (C=O) groups is 1. The first-order valence-electron chi connectivity index (χ1n) is 6.78. The van der Waals surface area contributed by atoms with Crippen LogP contribution < -0.4 is 16.6 Å². The van der Waals surface area contributed by atoms with Gasteiger partial charge in [-0.15, -0.1) is 12.4 Å². The number of aromatic amines is 1. The van der Waals surface area contributed by atoms with E-state index in [0.717, 1.165) is 42.5 Å². The average molecular weight is 301 g/mol. The number of carbonyl (C=O) groups excluding carboxylic acids is 1. The molecule has 1 amide bonds. The van der Waals surface area contributed by atoms with Crippen molar-refractivity contribution in [3.63, 3.8) is 0 Å². The minimum atomic E-state index is -0.0642. The largest absolute Gasteiger partial charge is 0.356 e. The Kier molecular flexibility index (Phi) is 6.67. The summed E-state index contributed by atoms with van der Waals surface area (Å²) in [5, 5.41) is 9.48. The van der Waals surface area contributed by atoms with Gasteiger partial charge in [0.15, 0.2) is 0 Å². The summed E-state index contributed by atoms with van der Waals surface area (Å²) >= 11 is 0. The van der Waals surface area contributed by atoms with Crippen LogP contribution in [0.25, 0.3) is 0 Å². The lowest BCUT2D eigenvalue weighted by molar-refractivity contribution is -0.120. The van der Waals surface area contributed by atoms with E-state index in [1.54, 1.807) is 0 Å². The van der Waals surface area contributed by atoms with Crippen molar-refractivity contribution in [2.24, 2.45) is 5.73 Å². The van der Waals surface area contributed by atoms with Crippen LogP contribution in [0.15, 0.2) is 4.79 Å². The van der Waals surface area contributed by atoms with Gasteiger partial charge in [-0.25, -0.2) is 5.10 Å². The summed E-state index contributed by atoms with van der Waals surface area (Å²) in [4.78, 5) is 23.0. The van der Waals surface area contributed by atoms with Crippen molar-refractivity contribution in [2.75, 3.05) is 13.1 Å². The fourth-order valence-corrected chi connectivity index (χ4v) is 2.47. The number of H-pyrrole nitrogens is 1. The van der Waals surface area contributed by atoms with Crippen LogP contribution in [0.2, 0.25) is 0 Å². The van der Waals surface area contributed by atoms with E-state index in [4.69, 9.17) is 5.73 Å². The molecule has 0 saturated heterocycles. The van der Waals surface area contributed by atoms with E-state index < -0.39 is 0 Å². The Morgan fingerprint density at radius 3 is 2.70 bits per heavy atom. The van der Waals surface area contributed by atoms with Gasteiger partial charge in [-0.2, -0.15) is 5.10 Å². The molecule has 1 aromatic rings.